The summed E-state index contributed by atoms with van der Waals surface area (Å²) in [7, 11) is 0. The third-order valence-corrected chi connectivity index (χ3v) is 8.98. The topological polar surface area (TPSA) is 55.8 Å². The molecule has 1 aliphatic carbocycles. The highest BCUT2D eigenvalue weighted by molar-refractivity contribution is 7.99. The zero-order valence-corrected chi connectivity index (χ0v) is 27.3. The molecule has 1 atom stereocenters. The molecular weight excluding hydrogens is 593 g/mol. The van der Waals surface area contributed by atoms with Gasteiger partial charge in [0.05, 0.1) is 6.61 Å². The largest absolute Gasteiger partial charge is 0.494 e. The average molecular weight is 635 g/mol. The van der Waals surface area contributed by atoms with Crippen molar-refractivity contribution >= 4 is 29.5 Å². The lowest BCUT2D eigenvalue weighted by atomic mass is 9.90. The van der Waals surface area contributed by atoms with Gasteiger partial charge in [-0.2, -0.15) is 24.9 Å². The van der Waals surface area contributed by atoms with Crippen LogP contribution in [-0.2, 0) is 23.8 Å². The summed E-state index contributed by atoms with van der Waals surface area (Å²) < 4.78 is 54.4. The van der Waals surface area contributed by atoms with E-state index in [-0.39, 0.29) is 5.75 Å². The van der Waals surface area contributed by atoms with Gasteiger partial charge in [-0.25, -0.2) is 0 Å². The Hall–Kier alpha value is -2.78. The van der Waals surface area contributed by atoms with Gasteiger partial charge in [-0.3, -0.25) is 4.79 Å². The van der Waals surface area contributed by atoms with Crippen LogP contribution in [0.15, 0.2) is 47.4 Å². The summed E-state index contributed by atoms with van der Waals surface area (Å²) >= 11 is 3.09. The lowest BCUT2D eigenvalue weighted by molar-refractivity contribution is -0.141. The summed E-state index contributed by atoms with van der Waals surface area (Å²) in [4.78, 5) is 9.33. The van der Waals surface area contributed by atoms with E-state index in [1.165, 1.54) is 23.4 Å². The van der Waals surface area contributed by atoms with Crippen LogP contribution >= 0.6 is 23.5 Å². The van der Waals surface area contributed by atoms with Gasteiger partial charge in [0.25, 0.3) is 5.97 Å². The number of alkyl halides is 3. The Kier molecular flexibility index (Phi) is 12.8. The summed E-state index contributed by atoms with van der Waals surface area (Å²) in [5.74, 6) is 1.74. The van der Waals surface area contributed by atoms with Crippen molar-refractivity contribution in [2.24, 2.45) is 0 Å². The van der Waals surface area contributed by atoms with Crippen molar-refractivity contribution < 1.29 is 32.5 Å². The van der Waals surface area contributed by atoms with Crippen LogP contribution in [0.4, 0.5) is 13.2 Å². The molecule has 3 aromatic rings. The number of benzene rings is 3. The predicted octanol–water partition coefficient (Wildman–Crippen LogP) is 9.95. The number of carboxylic acids is 1. The maximum atomic E-state index is 14.1. The van der Waals surface area contributed by atoms with Gasteiger partial charge in [-0.05, 0) is 109 Å². The van der Waals surface area contributed by atoms with Gasteiger partial charge in [-0.15, -0.1) is 11.8 Å². The van der Waals surface area contributed by atoms with E-state index in [2.05, 4.69) is 38.3 Å². The number of aliphatic carboxylic acids is 1. The van der Waals surface area contributed by atoms with Crippen molar-refractivity contribution in [2.45, 2.75) is 77.5 Å². The number of fused-ring (bicyclic) bond motifs is 2. The molecule has 1 unspecified atom stereocenters. The van der Waals surface area contributed by atoms with Gasteiger partial charge < -0.3 is 14.6 Å². The molecule has 234 valence electrons. The fourth-order valence-corrected chi connectivity index (χ4v) is 7.20. The van der Waals surface area contributed by atoms with Gasteiger partial charge in [0.15, 0.2) is 0 Å². The molecule has 5 rings (SSSR count). The molecule has 4 nitrogen and oxygen atoms in total. The Bertz CT molecular complexity index is 1380. The Morgan fingerprint density at radius 1 is 1.09 bits per heavy atom. The Labute approximate surface area is 261 Å². The highest BCUT2D eigenvalue weighted by Crippen LogP contribution is 2.49. The molecule has 9 heteroatoms. The number of rotatable bonds is 8. The molecule has 0 aromatic heterocycles. The van der Waals surface area contributed by atoms with E-state index in [9.17, 15) is 13.2 Å². The first-order chi connectivity index (χ1) is 20.5. The first kappa shape index (κ1) is 34.7. The molecule has 1 N–H and O–H groups in total. The summed E-state index contributed by atoms with van der Waals surface area (Å²) in [5, 5.41) is 7.42. The minimum Gasteiger partial charge on any atom is -0.494 e. The molecule has 3 aromatic carbocycles. The van der Waals surface area contributed by atoms with E-state index in [1.807, 2.05) is 37.7 Å². The lowest BCUT2D eigenvalue weighted by Crippen LogP contribution is -2.13. The smallest absolute Gasteiger partial charge is 0.421 e. The Morgan fingerprint density at radius 2 is 1.77 bits per heavy atom. The Balaban J connectivity index is 0.000000780. The van der Waals surface area contributed by atoms with Crippen molar-refractivity contribution in [3.05, 3.63) is 75.8 Å². The summed E-state index contributed by atoms with van der Waals surface area (Å²) in [5.41, 5.74) is 6.86. The minimum atomic E-state index is -4.45. The average Bonchev–Trinajstić information content (AvgIpc) is 3.58. The van der Waals surface area contributed by atoms with Crippen LogP contribution in [0.3, 0.4) is 0 Å². The molecule has 0 fully saturated rings. The van der Waals surface area contributed by atoms with Crippen molar-refractivity contribution in [1.29, 1.82) is 0 Å². The van der Waals surface area contributed by atoms with Crippen molar-refractivity contribution in [3.8, 4) is 22.6 Å². The van der Waals surface area contributed by atoms with Crippen LogP contribution in [0.25, 0.3) is 11.1 Å². The molecule has 43 heavy (non-hydrogen) atoms. The van der Waals surface area contributed by atoms with Crippen LogP contribution < -0.4 is 9.47 Å². The number of carboxylic acid groups (broad SMARTS) is 1. The quantitative estimate of drug-likeness (QED) is 0.249. The van der Waals surface area contributed by atoms with Crippen LogP contribution in [0.5, 0.6) is 11.5 Å². The third kappa shape index (κ3) is 8.66. The fourth-order valence-electron chi connectivity index (χ4n) is 5.55. The van der Waals surface area contributed by atoms with E-state index in [0.717, 1.165) is 64.6 Å². The molecule has 0 bridgehead atoms. The van der Waals surface area contributed by atoms with Gasteiger partial charge >= 0.3 is 6.18 Å². The second-order valence-corrected chi connectivity index (χ2v) is 12.3. The standard InChI is InChI=1S/C30H31F3O2S2.C2H4O2.C2H6/c1-18-16-21(34-13-5-14-36-3)17-19(2)27(18)24-7-4-6-23-22(24)9-11-25(23)35-26-10-8-20-12-15-37-29(20)28(26)30(31,32)33;1-2(3)4;1-2/h4,6-8,10,16-17,25H,5,9,11-15H2,1-3H3;1H3,(H,3,4);1-2H3. The number of carbonyl (C=O) groups is 1. The maximum Gasteiger partial charge on any atom is 0.421 e. The zero-order valence-electron chi connectivity index (χ0n) is 25.7. The van der Waals surface area contributed by atoms with Crippen LogP contribution in [0, 0.1) is 13.8 Å². The highest BCUT2D eigenvalue weighted by atomic mass is 32.2. The first-order valence-electron chi connectivity index (χ1n) is 14.6. The van der Waals surface area contributed by atoms with Crippen LogP contribution in [0.2, 0.25) is 0 Å². The minimum absolute atomic E-state index is 0.0563. The van der Waals surface area contributed by atoms with E-state index in [4.69, 9.17) is 19.4 Å². The molecule has 1 heterocycles. The van der Waals surface area contributed by atoms with Gasteiger partial charge in [-0.1, -0.05) is 38.1 Å². The second kappa shape index (κ2) is 15.8. The summed E-state index contributed by atoms with van der Waals surface area (Å²) in [6.07, 6.45) is 0.338. The number of hydrogen-bond donors (Lipinski definition) is 1. The monoisotopic (exact) mass is 634 g/mol. The zero-order chi connectivity index (χ0) is 31.7. The molecule has 0 spiro atoms. The second-order valence-electron chi connectivity index (χ2n) is 10.2. The molecule has 0 radical (unpaired) electrons. The van der Waals surface area contributed by atoms with E-state index in [0.29, 0.717) is 30.1 Å². The number of halogens is 3. The SMILES string of the molecule is CC.CC(=O)O.CSCCCOc1cc(C)c(-c2cccc3c2CCC3Oc2ccc3c(c2C(F)(F)F)SCC3)c(C)c1. The van der Waals surface area contributed by atoms with Gasteiger partial charge in [0, 0.05) is 17.6 Å². The number of hydrogen-bond acceptors (Lipinski definition) is 5. The third-order valence-electron chi connectivity index (χ3n) is 7.12. The summed E-state index contributed by atoms with van der Waals surface area (Å²) in [6.45, 7) is 9.97. The normalized spacial score (nSPS) is 15.0. The van der Waals surface area contributed by atoms with Crippen LogP contribution in [0.1, 0.15) is 73.1 Å². The van der Waals surface area contributed by atoms with Gasteiger partial charge in [0.2, 0.25) is 0 Å². The van der Waals surface area contributed by atoms with Crippen molar-refractivity contribution in [1.82, 2.24) is 0 Å². The molecule has 2 aliphatic rings. The molecule has 0 saturated carbocycles. The van der Waals surface area contributed by atoms with Crippen LogP contribution in [-0.4, -0.2) is 35.4 Å². The highest BCUT2D eigenvalue weighted by Gasteiger charge is 2.40. The number of thioether (sulfide) groups is 2. The number of ether oxygens (including phenoxy) is 2. The van der Waals surface area contributed by atoms with Crippen molar-refractivity contribution in [2.75, 3.05) is 24.4 Å². The Morgan fingerprint density at radius 3 is 2.40 bits per heavy atom. The molecular formula is C34H41F3O4S2. The predicted molar refractivity (Wildman–Crippen MR) is 172 cm³/mol. The van der Waals surface area contributed by atoms with E-state index >= 15 is 0 Å². The lowest BCUT2D eigenvalue weighted by Gasteiger charge is -2.21. The summed E-state index contributed by atoms with van der Waals surface area (Å²) in [6, 6.07) is 13.6. The first-order valence-corrected chi connectivity index (χ1v) is 17.0. The molecule has 0 amide bonds. The maximum absolute atomic E-state index is 14.1. The van der Waals surface area contributed by atoms with E-state index < -0.39 is 23.8 Å². The number of aryl methyl sites for hydroxylation is 3. The van der Waals surface area contributed by atoms with E-state index in [1.54, 1.807) is 6.07 Å². The van der Waals surface area contributed by atoms with Crippen molar-refractivity contribution in [3.63, 3.8) is 0 Å². The molecule has 0 saturated heterocycles. The van der Waals surface area contributed by atoms with Gasteiger partial charge in [0.1, 0.15) is 23.2 Å². The molecule has 1 aliphatic heterocycles. The fraction of sp³-hybridized carbons (Fsp3) is 0.441.